The van der Waals surface area contributed by atoms with Gasteiger partial charge in [-0.05, 0) is 42.5 Å². The molecule has 2 aromatic carbocycles. The molecular formula is C19H20ClFN2O5S. The van der Waals surface area contributed by atoms with Gasteiger partial charge >= 0.3 is 5.97 Å². The molecule has 7 nitrogen and oxygen atoms in total. The van der Waals surface area contributed by atoms with E-state index in [4.69, 9.17) is 16.3 Å². The second-order valence-corrected chi connectivity index (χ2v) is 8.21. The summed E-state index contributed by atoms with van der Waals surface area (Å²) < 4.78 is 44.2. The Kier molecular flexibility index (Phi) is 7.72. The molecule has 2 aromatic rings. The smallest absolute Gasteiger partial charge is 0.338 e. The summed E-state index contributed by atoms with van der Waals surface area (Å²) in [4.78, 5) is 24.0. The van der Waals surface area contributed by atoms with Crippen molar-refractivity contribution in [2.24, 2.45) is 0 Å². The van der Waals surface area contributed by atoms with Gasteiger partial charge in [-0.3, -0.25) is 4.79 Å². The second-order valence-electron chi connectivity index (χ2n) is 5.87. The van der Waals surface area contributed by atoms with Crippen LogP contribution in [-0.4, -0.2) is 44.3 Å². The fraction of sp³-hybridized carbons (Fsp3) is 0.263. The number of halogens is 2. The highest BCUT2D eigenvalue weighted by molar-refractivity contribution is 7.89. The first-order chi connectivity index (χ1) is 13.7. The third-order valence-corrected chi connectivity index (χ3v) is 6.32. The van der Waals surface area contributed by atoms with Gasteiger partial charge in [0.05, 0.1) is 15.5 Å². The monoisotopic (exact) mass is 442 g/mol. The molecule has 1 N–H and O–H groups in total. The molecule has 0 aliphatic rings. The number of ether oxygens (including phenoxy) is 1. The molecule has 0 aliphatic carbocycles. The number of carbonyl (C=O) groups excluding carboxylic acids is 2. The van der Waals surface area contributed by atoms with Crippen molar-refractivity contribution in [3.8, 4) is 0 Å². The molecule has 29 heavy (non-hydrogen) atoms. The molecule has 0 saturated heterocycles. The first-order valence-corrected chi connectivity index (χ1v) is 10.5. The Labute approximate surface area is 173 Å². The molecule has 0 bridgehead atoms. The molecule has 0 radical (unpaired) electrons. The van der Waals surface area contributed by atoms with Gasteiger partial charge in [0.2, 0.25) is 10.0 Å². The topological polar surface area (TPSA) is 92.8 Å². The van der Waals surface area contributed by atoms with E-state index in [2.05, 4.69) is 5.32 Å². The Bertz CT molecular complexity index is 992. The van der Waals surface area contributed by atoms with E-state index in [1.54, 1.807) is 13.8 Å². The summed E-state index contributed by atoms with van der Waals surface area (Å²) in [5.74, 6) is -2.05. The van der Waals surface area contributed by atoms with Crippen molar-refractivity contribution in [2.75, 3.05) is 25.0 Å². The van der Waals surface area contributed by atoms with Crippen LogP contribution in [0.1, 0.15) is 24.2 Å². The van der Waals surface area contributed by atoms with Gasteiger partial charge in [0.25, 0.3) is 5.91 Å². The fourth-order valence-corrected chi connectivity index (χ4v) is 4.10. The maximum Gasteiger partial charge on any atom is 0.338 e. The molecule has 0 atom stereocenters. The van der Waals surface area contributed by atoms with E-state index in [1.165, 1.54) is 40.7 Å². The van der Waals surface area contributed by atoms with Crippen LogP contribution < -0.4 is 5.32 Å². The Morgan fingerprint density at radius 1 is 1.10 bits per heavy atom. The van der Waals surface area contributed by atoms with Crippen LogP contribution >= 0.6 is 11.6 Å². The highest BCUT2D eigenvalue weighted by Gasteiger charge is 2.22. The van der Waals surface area contributed by atoms with Gasteiger partial charge in [-0.2, -0.15) is 4.31 Å². The minimum absolute atomic E-state index is 0.0590. The van der Waals surface area contributed by atoms with E-state index in [1.807, 2.05) is 0 Å². The van der Waals surface area contributed by atoms with Gasteiger partial charge in [0, 0.05) is 18.8 Å². The highest BCUT2D eigenvalue weighted by atomic mass is 35.5. The zero-order valence-electron chi connectivity index (χ0n) is 15.8. The second kappa shape index (κ2) is 9.82. The Balaban J connectivity index is 1.97. The van der Waals surface area contributed by atoms with Gasteiger partial charge < -0.3 is 10.1 Å². The summed E-state index contributed by atoms with van der Waals surface area (Å²) in [7, 11) is -3.63. The summed E-state index contributed by atoms with van der Waals surface area (Å²) in [5, 5.41) is 2.27. The predicted molar refractivity (Wildman–Crippen MR) is 107 cm³/mol. The number of amides is 1. The fourth-order valence-electron chi connectivity index (χ4n) is 2.46. The van der Waals surface area contributed by atoms with Gasteiger partial charge in [-0.25, -0.2) is 17.6 Å². The molecule has 0 aromatic heterocycles. The molecule has 0 spiro atoms. The number of carbonyl (C=O) groups is 2. The lowest BCUT2D eigenvalue weighted by molar-refractivity contribution is -0.119. The number of benzene rings is 2. The minimum atomic E-state index is -3.63. The molecule has 0 unspecified atom stereocenters. The van der Waals surface area contributed by atoms with E-state index in [0.29, 0.717) is 13.1 Å². The van der Waals surface area contributed by atoms with Gasteiger partial charge in [0.1, 0.15) is 5.82 Å². The van der Waals surface area contributed by atoms with Crippen LogP contribution in [-0.2, 0) is 19.6 Å². The zero-order chi connectivity index (χ0) is 21.6. The van der Waals surface area contributed by atoms with Gasteiger partial charge in [-0.1, -0.05) is 25.4 Å². The summed E-state index contributed by atoms with van der Waals surface area (Å²) in [6.07, 6.45) is 0. The normalized spacial score (nSPS) is 11.3. The van der Waals surface area contributed by atoms with Crippen molar-refractivity contribution >= 4 is 39.2 Å². The molecule has 10 heteroatoms. The Morgan fingerprint density at radius 2 is 1.72 bits per heavy atom. The number of nitrogens with zero attached hydrogens (tertiary/aromatic N) is 1. The van der Waals surface area contributed by atoms with Crippen molar-refractivity contribution in [1.82, 2.24) is 4.31 Å². The number of rotatable bonds is 8. The van der Waals surface area contributed by atoms with Gasteiger partial charge in [-0.15, -0.1) is 0 Å². The average molecular weight is 443 g/mol. The number of hydrogen-bond acceptors (Lipinski definition) is 5. The maximum absolute atomic E-state index is 13.1. The van der Waals surface area contributed by atoms with Crippen molar-refractivity contribution in [3.05, 3.63) is 58.9 Å². The first-order valence-electron chi connectivity index (χ1n) is 8.71. The molecule has 0 fully saturated rings. The summed E-state index contributed by atoms with van der Waals surface area (Å²) in [6, 6.07) is 8.89. The van der Waals surface area contributed by atoms with E-state index in [0.717, 1.165) is 6.07 Å². The third kappa shape index (κ3) is 5.75. The number of nitrogens with one attached hydrogen (secondary N) is 1. The van der Waals surface area contributed by atoms with Crippen LogP contribution in [0.25, 0.3) is 0 Å². The van der Waals surface area contributed by atoms with Crippen molar-refractivity contribution in [2.45, 2.75) is 18.7 Å². The van der Waals surface area contributed by atoms with E-state index < -0.39 is 34.3 Å². The standard InChI is InChI=1S/C19H20ClFN2O5S/c1-3-23(4-2)29(26,27)15-8-5-13(6-9-15)19(25)28-12-18(24)22-14-7-10-17(21)16(20)11-14/h5-11H,3-4,12H2,1-2H3,(H,22,24). The largest absolute Gasteiger partial charge is 0.452 e. The van der Waals surface area contributed by atoms with Crippen LogP contribution in [0.3, 0.4) is 0 Å². The van der Waals surface area contributed by atoms with Crippen LogP contribution in [0.5, 0.6) is 0 Å². The Hall–Kier alpha value is -2.49. The first kappa shape index (κ1) is 22.8. The molecular weight excluding hydrogens is 423 g/mol. The summed E-state index contributed by atoms with van der Waals surface area (Å²) >= 11 is 5.63. The quantitative estimate of drug-likeness (QED) is 0.633. The lowest BCUT2D eigenvalue weighted by Crippen LogP contribution is -2.30. The van der Waals surface area contributed by atoms with Crippen molar-refractivity contribution in [3.63, 3.8) is 0 Å². The lowest BCUT2D eigenvalue weighted by Gasteiger charge is -2.18. The molecule has 0 heterocycles. The van der Waals surface area contributed by atoms with Crippen molar-refractivity contribution < 1.29 is 27.1 Å². The molecule has 0 saturated carbocycles. The molecule has 2 rings (SSSR count). The lowest BCUT2D eigenvalue weighted by atomic mass is 10.2. The summed E-state index contributed by atoms with van der Waals surface area (Å²) in [6.45, 7) is 3.55. The third-order valence-electron chi connectivity index (χ3n) is 3.97. The summed E-state index contributed by atoms with van der Waals surface area (Å²) in [5.41, 5.74) is 0.351. The van der Waals surface area contributed by atoms with Crippen LogP contribution in [0.15, 0.2) is 47.4 Å². The van der Waals surface area contributed by atoms with E-state index >= 15 is 0 Å². The van der Waals surface area contributed by atoms with Crippen LogP contribution in [0, 0.1) is 5.82 Å². The van der Waals surface area contributed by atoms with E-state index in [9.17, 15) is 22.4 Å². The number of esters is 1. The van der Waals surface area contributed by atoms with E-state index in [-0.39, 0.29) is 21.2 Å². The average Bonchev–Trinajstić information content (AvgIpc) is 2.70. The zero-order valence-corrected chi connectivity index (χ0v) is 17.4. The molecule has 0 aliphatic heterocycles. The number of anilines is 1. The predicted octanol–water partition coefficient (Wildman–Crippen LogP) is 3.31. The number of hydrogen-bond donors (Lipinski definition) is 1. The van der Waals surface area contributed by atoms with Crippen molar-refractivity contribution in [1.29, 1.82) is 0 Å². The molecule has 156 valence electrons. The SMILES string of the molecule is CCN(CC)S(=O)(=O)c1ccc(C(=O)OCC(=O)Nc2ccc(F)c(Cl)c2)cc1. The minimum Gasteiger partial charge on any atom is -0.452 e. The van der Waals surface area contributed by atoms with Gasteiger partial charge in [0.15, 0.2) is 6.61 Å². The molecule has 1 amide bonds. The highest BCUT2D eigenvalue weighted by Crippen LogP contribution is 2.19. The van der Waals surface area contributed by atoms with Crippen LogP contribution in [0.4, 0.5) is 10.1 Å². The maximum atomic E-state index is 13.1. The number of sulfonamides is 1. The van der Waals surface area contributed by atoms with Crippen LogP contribution in [0.2, 0.25) is 5.02 Å². The Morgan fingerprint density at radius 3 is 2.28 bits per heavy atom.